The molecule has 0 radical (unpaired) electrons. The minimum Gasteiger partial charge on any atom is -0.484 e. The van der Waals surface area contributed by atoms with Gasteiger partial charge in [0.1, 0.15) is 11.5 Å². The number of halogens is 2. The average molecular weight is 437 g/mol. The molecule has 1 amide bonds. The summed E-state index contributed by atoms with van der Waals surface area (Å²) in [4.78, 5) is 11.9. The van der Waals surface area contributed by atoms with Gasteiger partial charge in [-0.3, -0.25) is 4.79 Å². The van der Waals surface area contributed by atoms with E-state index in [1.165, 1.54) is 0 Å². The summed E-state index contributed by atoms with van der Waals surface area (Å²) in [7, 11) is 0. The van der Waals surface area contributed by atoms with Crippen LogP contribution in [0.2, 0.25) is 5.02 Å². The molecule has 0 aliphatic carbocycles. The average Bonchev–Trinajstić information content (AvgIpc) is 3.08. The van der Waals surface area contributed by atoms with Crippen LogP contribution in [0, 0.1) is 0 Å². The SMILES string of the molecule is O=C(COc1ccc(Cl)cc1)Nc1cnn(COc2ccc(Br)cc2)c1. The van der Waals surface area contributed by atoms with Crippen molar-refractivity contribution in [1.29, 1.82) is 0 Å². The van der Waals surface area contributed by atoms with E-state index in [-0.39, 0.29) is 19.2 Å². The largest absolute Gasteiger partial charge is 0.484 e. The summed E-state index contributed by atoms with van der Waals surface area (Å²) in [5.41, 5.74) is 0.564. The number of aromatic nitrogens is 2. The number of benzene rings is 2. The van der Waals surface area contributed by atoms with E-state index >= 15 is 0 Å². The highest BCUT2D eigenvalue weighted by molar-refractivity contribution is 9.10. The number of hydrogen-bond acceptors (Lipinski definition) is 4. The van der Waals surface area contributed by atoms with Crippen molar-refractivity contribution in [3.63, 3.8) is 0 Å². The molecular weight excluding hydrogens is 422 g/mol. The Morgan fingerprint density at radius 2 is 1.73 bits per heavy atom. The number of hydrogen-bond donors (Lipinski definition) is 1. The third-order valence-electron chi connectivity index (χ3n) is 3.28. The maximum atomic E-state index is 11.9. The zero-order chi connectivity index (χ0) is 18.4. The van der Waals surface area contributed by atoms with Crippen molar-refractivity contribution in [3.8, 4) is 11.5 Å². The molecule has 2 aromatic carbocycles. The topological polar surface area (TPSA) is 65.4 Å². The lowest BCUT2D eigenvalue weighted by atomic mass is 10.3. The first-order chi connectivity index (χ1) is 12.6. The number of rotatable bonds is 7. The molecule has 1 heterocycles. The van der Waals surface area contributed by atoms with Crippen molar-refractivity contribution in [2.75, 3.05) is 11.9 Å². The van der Waals surface area contributed by atoms with E-state index in [0.717, 1.165) is 10.2 Å². The molecule has 1 aromatic heterocycles. The Kier molecular flexibility index (Phi) is 6.14. The third kappa shape index (κ3) is 5.50. The summed E-state index contributed by atoms with van der Waals surface area (Å²) in [6.07, 6.45) is 3.23. The number of amides is 1. The van der Waals surface area contributed by atoms with Gasteiger partial charge in [0.25, 0.3) is 5.91 Å². The minimum atomic E-state index is -0.284. The first-order valence-corrected chi connectivity index (χ1v) is 8.84. The second kappa shape index (κ2) is 8.73. The third-order valence-corrected chi connectivity index (χ3v) is 4.06. The fourth-order valence-electron chi connectivity index (χ4n) is 2.05. The van der Waals surface area contributed by atoms with Gasteiger partial charge in [-0.15, -0.1) is 0 Å². The lowest BCUT2D eigenvalue weighted by Gasteiger charge is -2.07. The van der Waals surface area contributed by atoms with Crippen molar-refractivity contribution in [3.05, 3.63) is 70.4 Å². The number of anilines is 1. The summed E-state index contributed by atoms with van der Waals surface area (Å²) in [6.45, 7) is 0.126. The van der Waals surface area contributed by atoms with Gasteiger partial charge in [0.15, 0.2) is 13.3 Å². The van der Waals surface area contributed by atoms with Crippen molar-refractivity contribution in [2.45, 2.75) is 6.73 Å². The monoisotopic (exact) mass is 435 g/mol. The molecule has 134 valence electrons. The highest BCUT2D eigenvalue weighted by Crippen LogP contribution is 2.17. The molecule has 0 fully saturated rings. The molecule has 8 heteroatoms. The maximum Gasteiger partial charge on any atom is 0.262 e. The normalized spacial score (nSPS) is 10.4. The molecule has 26 heavy (non-hydrogen) atoms. The first-order valence-electron chi connectivity index (χ1n) is 7.67. The quantitative estimate of drug-likeness (QED) is 0.598. The van der Waals surface area contributed by atoms with Crippen LogP contribution in [0.25, 0.3) is 0 Å². The molecule has 0 spiro atoms. The minimum absolute atomic E-state index is 0.109. The maximum absolute atomic E-state index is 11.9. The van der Waals surface area contributed by atoms with Crippen LogP contribution in [0.3, 0.4) is 0 Å². The lowest BCUT2D eigenvalue weighted by molar-refractivity contribution is -0.118. The Labute approximate surface area is 163 Å². The van der Waals surface area contributed by atoms with E-state index in [4.69, 9.17) is 21.1 Å². The van der Waals surface area contributed by atoms with Gasteiger partial charge < -0.3 is 14.8 Å². The molecule has 0 aliphatic rings. The van der Waals surface area contributed by atoms with Crippen molar-refractivity contribution < 1.29 is 14.3 Å². The molecule has 3 aromatic rings. The zero-order valence-corrected chi connectivity index (χ0v) is 15.9. The van der Waals surface area contributed by atoms with Gasteiger partial charge in [-0.05, 0) is 48.5 Å². The zero-order valence-electron chi connectivity index (χ0n) is 13.6. The number of carbonyl (C=O) groups excluding carboxylic acids is 1. The van der Waals surface area contributed by atoms with Crippen LogP contribution in [0.4, 0.5) is 5.69 Å². The molecule has 1 N–H and O–H groups in total. The molecule has 0 saturated carbocycles. The molecule has 0 saturated heterocycles. The lowest BCUT2D eigenvalue weighted by Crippen LogP contribution is -2.19. The van der Waals surface area contributed by atoms with Crippen LogP contribution < -0.4 is 14.8 Å². The summed E-state index contributed by atoms with van der Waals surface area (Å²) in [5, 5.41) is 7.47. The van der Waals surface area contributed by atoms with Gasteiger partial charge in [-0.25, -0.2) is 4.68 Å². The Balaban J connectivity index is 1.45. The second-order valence-corrected chi connectivity index (χ2v) is 6.64. The molecule has 3 rings (SSSR count). The van der Waals surface area contributed by atoms with Crippen LogP contribution in [0.1, 0.15) is 0 Å². The van der Waals surface area contributed by atoms with E-state index in [1.807, 2.05) is 24.3 Å². The van der Waals surface area contributed by atoms with E-state index in [9.17, 15) is 4.79 Å². The standard InChI is InChI=1S/C18H15BrClN3O3/c19-13-1-5-17(6-2-13)26-12-23-10-15(9-21-23)22-18(24)11-25-16-7-3-14(20)4-8-16/h1-10H,11-12H2,(H,22,24). The van der Waals surface area contributed by atoms with E-state index in [0.29, 0.717) is 16.5 Å². The molecule has 0 atom stereocenters. The Bertz CT molecular complexity index is 866. The Hall–Kier alpha value is -2.51. The van der Waals surface area contributed by atoms with Gasteiger partial charge in [0.05, 0.1) is 18.1 Å². The number of ether oxygens (including phenoxy) is 2. The Morgan fingerprint density at radius 1 is 1.08 bits per heavy atom. The van der Waals surface area contributed by atoms with E-state index < -0.39 is 0 Å². The molecule has 0 bridgehead atoms. The van der Waals surface area contributed by atoms with E-state index in [1.54, 1.807) is 41.3 Å². The van der Waals surface area contributed by atoms with Crippen molar-refractivity contribution >= 4 is 39.1 Å². The van der Waals surface area contributed by atoms with Gasteiger partial charge in [0.2, 0.25) is 0 Å². The number of carbonyl (C=O) groups is 1. The van der Waals surface area contributed by atoms with Crippen LogP contribution in [-0.4, -0.2) is 22.3 Å². The van der Waals surface area contributed by atoms with Gasteiger partial charge in [-0.1, -0.05) is 27.5 Å². The van der Waals surface area contributed by atoms with Crippen LogP contribution in [0.15, 0.2) is 65.4 Å². The van der Waals surface area contributed by atoms with Gasteiger partial charge in [-0.2, -0.15) is 5.10 Å². The first kappa shape index (κ1) is 18.3. The predicted octanol–water partition coefficient (Wildman–Crippen LogP) is 4.35. The van der Waals surface area contributed by atoms with Crippen molar-refractivity contribution in [2.24, 2.45) is 0 Å². The fourth-order valence-corrected chi connectivity index (χ4v) is 2.44. The number of nitrogens with zero attached hydrogens (tertiary/aromatic N) is 2. The molecule has 0 unspecified atom stereocenters. The van der Waals surface area contributed by atoms with Gasteiger partial charge in [0, 0.05) is 9.50 Å². The smallest absolute Gasteiger partial charge is 0.262 e. The predicted molar refractivity (Wildman–Crippen MR) is 103 cm³/mol. The summed E-state index contributed by atoms with van der Waals surface area (Å²) >= 11 is 9.17. The van der Waals surface area contributed by atoms with Crippen LogP contribution in [-0.2, 0) is 11.5 Å². The summed E-state index contributed by atoms with van der Waals surface area (Å²) in [6, 6.07) is 14.3. The Morgan fingerprint density at radius 3 is 2.46 bits per heavy atom. The molecule has 0 aliphatic heterocycles. The molecular formula is C18H15BrClN3O3. The highest BCUT2D eigenvalue weighted by Gasteiger charge is 2.06. The summed E-state index contributed by atoms with van der Waals surface area (Å²) < 4.78 is 13.6. The van der Waals surface area contributed by atoms with E-state index in [2.05, 4.69) is 26.3 Å². The molecule has 6 nitrogen and oxygen atoms in total. The highest BCUT2D eigenvalue weighted by atomic mass is 79.9. The van der Waals surface area contributed by atoms with Gasteiger partial charge >= 0.3 is 0 Å². The second-order valence-electron chi connectivity index (χ2n) is 5.29. The van der Waals surface area contributed by atoms with Crippen molar-refractivity contribution in [1.82, 2.24) is 9.78 Å². The van der Waals surface area contributed by atoms with Crippen LogP contribution >= 0.6 is 27.5 Å². The van der Waals surface area contributed by atoms with Crippen LogP contribution in [0.5, 0.6) is 11.5 Å². The fraction of sp³-hybridized carbons (Fsp3) is 0.111. The number of nitrogens with one attached hydrogen (secondary N) is 1. The summed E-state index contributed by atoms with van der Waals surface area (Å²) in [5.74, 6) is 1.02.